The lowest BCUT2D eigenvalue weighted by atomic mass is 10.2. The number of carbonyl (C=O) groups excluding carboxylic acids is 1. The summed E-state index contributed by atoms with van der Waals surface area (Å²) in [5.41, 5.74) is 0.433. The normalized spacial score (nSPS) is 16.4. The third-order valence-electron chi connectivity index (χ3n) is 3.58. The minimum absolute atomic E-state index is 0.167. The lowest BCUT2D eigenvalue weighted by molar-refractivity contribution is 0.0963. The highest BCUT2D eigenvalue weighted by atomic mass is 32.2. The molecule has 1 aromatic rings. The van der Waals surface area contributed by atoms with E-state index in [1.54, 1.807) is 0 Å². The molecule has 22 heavy (non-hydrogen) atoms. The Morgan fingerprint density at radius 1 is 1.23 bits per heavy atom. The van der Waals surface area contributed by atoms with E-state index in [0.29, 0.717) is 18.7 Å². The molecular weight excluding hydrogens is 304 g/mol. The molecule has 122 valence electrons. The molecule has 0 aliphatic carbocycles. The molecule has 2 rings (SSSR count). The first-order chi connectivity index (χ1) is 10.5. The number of benzene rings is 1. The second kappa shape index (κ2) is 7.68. The number of piperazine rings is 1. The van der Waals surface area contributed by atoms with Crippen molar-refractivity contribution in [3.63, 3.8) is 0 Å². The van der Waals surface area contributed by atoms with Gasteiger partial charge in [0.05, 0.1) is 4.90 Å². The number of rotatable bonds is 6. The van der Waals surface area contributed by atoms with Crippen LogP contribution >= 0.6 is 0 Å². The van der Waals surface area contributed by atoms with E-state index >= 15 is 0 Å². The van der Waals surface area contributed by atoms with Crippen LogP contribution in [0.15, 0.2) is 29.2 Å². The third-order valence-corrected chi connectivity index (χ3v) is 5.06. The molecule has 1 aliphatic rings. The second-order valence-corrected chi connectivity index (χ2v) is 6.86. The van der Waals surface area contributed by atoms with Gasteiger partial charge in [0, 0.05) is 51.9 Å². The van der Waals surface area contributed by atoms with E-state index in [9.17, 15) is 13.2 Å². The van der Waals surface area contributed by atoms with Crippen molar-refractivity contribution >= 4 is 15.9 Å². The molecule has 0 bridgehead atoms. The smallest absolute Gasteiger partial charge is 0.251 e. The summed E-state index contributed by atoms with van der Waals surface area (Å²) in [5.74, 6) is -0.240. The van der Waals surface area contributed by atoms with Crippen molar-refractivity contribution in [3.05, 3.63) is 29.8 Å². The van der Waals surface area contributed by atoms with Gasteiger partial charge in [0.2, 0.25) is 10.0 Å². The zero-order valence-corrected chi connectivity index (χ0v) is 13.4. The van der Waals surface area contributed by atoms with E-state index in [1.807, 2.05) is 0 Å². The van der Waals surface area contributed by atoms with Crippen molar-refractivity contribution < 1.29 is 13.2 Å². The molecule has 0 unspecified atom stereocenters. The van der Waals surface area contributed by atoms with Crippen LogP contribution in [0.4, 0.5) is 0 Å². The fourth-order valence-electron chi connectivity index (χ4n) is 2.29. The molecule has 1 aromatic carbocycles. The predicted molar refractivity (Wildman–Crippen MR) is 84.3 cm³/mol. The summed E-state index contributed by atoms with van der Waals surface area (Å²) in [6, 6.07) is 5.89. The first-order valence-corrected chi connectivity index (χ1v) is 8.76. The Bertz CT molecular complexity index is 595. The Labute approximate surface area is 131 Å². The summed E-state index contributed by atoms with van der Waals surface area (Å²) in [5, 5.41) is 5.75. The van der Waals surface area contributed by atoms with Crippen molar-refractivity contribution in [3.8, 4) is 0 Å². The molecule has 0 aromatic heterocycles. The van der Waals surface area contributed by atoms with Gasteiger partial charge in [0.15, 0.2) is 0 Å². The molecular formula is C14H22N4O3S. The number of hydrogen-bond acceptors (Lipinski definition) is 5. The molecule has 0 atom stereocenters. The summed E-state index contributed by atoms with van der Waals surface area (Å²) in [6.45, 7) is 4.81. The first kappa shape index (κ1) is 16.9. The topological polar surface area (TPSA) is 90.5 Å². The SMILES string of the molecule is CNC(=O)c1ccc(S(=O)(=O)NCCN2CCNCC2)cc1. The minimum atomic E-state index is -3.53. The second-order valence-electron chi connectivity index (χ2n) is 5.09. The van der Waals surface area contributed by atoms with E-state index in [-0.39, 0.29) is 10.8 Å². The highest BCUT2D eigenvalue weighted by molar-refractivity contribution is 7.89. The summed E-state index contributed by atoms with van der Waals surface area (Å²) in [6.07, 6.45) is 0. The number of carbonyl (C=O) groups is 1. The Kier molecular flexibility index (Phi) is 5.90. The van der Waals surface area contributed by atoms with Gasteiger partial charge in [-0.15, -0.1) is 0 Å². The molecule has 8 heteroatoms. The van der Waals surface area contributed by atoms with Gasteiger partial charge in [0.1, 0.15) is 0 Å². The summed E-state index contributed by atoms with van der Waals surface area (Å²) < 4.78 is 27.0. The Balaban J connectivity index is 1.90. The van der Waals surface area contributed by atoms with E-state index in [2.05, 4.69) is 20.3 Å². The van der Waals surface area contributed by atoms with E-state index in [0.717, 1.165) is 26.2 Å². The zero-order chi connectivity index (χ0) is 16.0. The van der Waals surface area contributed by atoms with Gasteiger partial charge in [-0.2, -0.15) is 0 Å². The average Bonchev–Trinajstić information content (AvgIpc) is 2.55. The Morgan fingerprint density at radius 3 is 2.45 bits per heavy atom. The largest absolute Gasteiger partial charge is 0.355 e. The van der Waals surface area contributed by atoms with Crippen molar-refractivity contribution in [2.75, 3.05) is 46.3 Å². The van der Waals surface area contributed by atoms with Gasteiger partial charge in [-0.1, -0.05) is 0 Å². The van der Waals surface area contributed by atoms with Gasteiger partial charge in [0.25, 0.3) is 5.91 Å². The molecule has 7 nitrogen and oxygen atoms in total. The van der Waals surface area contributed by atoms with Crippen LogP contribution in [0.3, 0.4) is 0 Å². The highest BCUT2D eigenvalue weighted by Gasteiger charge is 2.15. The fraction of sp³-hybridized carbons (Fsp3) is 0.500. The van der Waals surface area contributed by atoms with Crippen LogP contribution in [0.2, 0.25) is 0 Å². The lowest BCUT2D eigenvalue weighted by Gasteiger charge is -2.27. The van der Waals surface area contributed by atoms with E-state index in [4.69, 9.17) is 0 Å². The summed E-state index contributed by atoms with van der Waals surface area (Å²) in [4.78, 5) is 13.8. The van der Waals surface area contributed by atoms with E-state index < -0.39 is 10.0 Å². The standard InChI is InChI=1S/C14H22N4O3S/c1-15-14(19)12-2-4-13(5-3-12)22(20,21)17-8-11-18-9-6-16-7-10-18/h2-5,16-17H,6-11H2,1H3,(H,15,19). The van der Waals surface area contributed by atoms with Gasteiger partial charge >= 0.3 is 0 Å². The van der Waals surface area contributed by atoms with Gasteiger partial charge < -0.3 is 10.6 Å². The van der Waals surface area contributed by atoms with Crippen LogP contribution in [0, 0.1) is 0 Å². The third kappa shape index (κ3) is 4.51. The first-order valence-electron chi connectivity index (χ1n) is 7.28. The molecule has 1 amide bonds. The van der Waals surface area contributed by atoms with Crippen molar-refractivity contribution in [2.24, 2.45) is 0 Å². The molecule has 0 spiro atoms. The number of nitrogens with one attached hydrogen (secondary N) is 3. The maximum Gasteiger partial charge on any atom is 0.251 e. The van der Waals surface area contributed by atoms with Crippen LogP contribution < -0.4 is 15.4 Å². The molecule has 3 N–H and O–H groups in total. The molecule has 1 saturated heterocycles. The summed E-state index contributed by atoms with van der Waals surface area (Å²) >= 11 is 0. The lowest BCUT2D eigenvalue weighted by Crippen LogP contribution is -2.46. The van der Waals surface area contributed by atoms with E-state index in [1.165, 1.54) is 31.3 Å². The predicted octanol–water partition coefficient (Wildman–Crippen LogP) is -0.770. The van der Waals surface area contributed by atoms with Crippen LogP contribution in [0.25, 0.3) is 0 Å². The van der Waals surface area contributed by atoms with Crippen LogP contribution in [-0.4, -0.2) is 65.5 Å². The highest BCUT2D eigenvalue weighted by Crippen LogP contribution is 2.10. The fourth-order valence-corrected chi connectivity index (χ4v) is 3.31. The van der Waals surface area contributed by atoms with Gasteiger partial charge in [-0.25, -0.2) is 13.1 Å². The number of amides is 1. The van der Waals surface area contributed by atoms with Gasteiger partial charge in [-0.05, 0) is 24.3 Å². The van der Waals surface area contributed by atoms with Crippen molar-refractivity contribution in [2.45, 2.75) is 4.90 Å². The van der Waals surface area contributed by atoms with Crippen LogP contribution in [0.1, 0.15) is 10.4 Å². The van der Waals surface area contributed by atoms with Crippen molar-refractivity contribution in [1.82, 2.24) is 20.3 Å². The molecule has 1 aliphatic heterocycles. The van der Waals surface area contributed by atoms with Crippen LogP contribution in [-0.2, 0) is 10.0 Å². The molecule has 0 saturated carbocycles. The molecule has 1 fully saturated rings. The quantitative estimate of drug-likeness (QED) is 0.639. The number of sulfonamides is 1. The average molecular weight is 326 g/mol. The van der Waals surface area contributed by atoms with Crippen molar-refractivity contribution in [1.29, 1.82) is 0 Å². The molecule has 0 radical (unpaired) electrons. The Morgan fingerprint density at radius 2 is 1.86 bits per heavy atom. The minimum Gasteiger partial charge on any atom is -0.355 e. The number of hydrogen-bond donors (Lipinski definition) is 3. The molecule has 1 heterocycles. The summed E-state index contributed by atoms with van der Waals surface area (Å²) in [7, 11) is -2.00. The van der Waals surface area contributed by atoms with Crippen LogP contribution in [0.5, 0.6) is 0 Å². The Hall–Kier alpha value is -1.48. The number of nitrogens with zero attached hydrogens (tertiary/aromatic N) is 1. The zero-order valence-electron chi connectivity index (χ0n) is 12.6. The maximum atomic E-state index is 12.2. The maximum absolute atomic E-state index is 12.2. The van der Waals surface area contributed by atoms with Gasteiger partial charge in [-0.3, -0.25) is 9.69 Å². The monoisotopic (exact) mass is 326 g/mol.